The van der Waals surface area contributed by atoms with Gasteiger partial charge in [-0.2, -0.15) is 0 Å². The lowest BCUT2D eigenvalue weighted by atomic mass is 10.2. The topological polar surface area (TPSA) is 30.7 Å². The lowest BCUT2D eigenvalue weighted by molar-refractivity contribution is 0.950. The van der Waals surface area contributed by atoms with Crippen molar-refractivity contribution in [3.8, 4) is 5.69 Å². The minimum Gasteiger partial charge on any atom is -0.285 e. The molecule has 3 nitrogen and oxygen atoms in total. The SMILES string of the molecule is Cc1ccc(-n2cnnc2CCl)cc1Cl. The third-order valence-electron chi connectivity index (χ3n) is 2.17. The zero-order valence-corrected chi connectivity index (χ0v) is 9.63. The van der Waals surface area contributed by atoms with Gasteiger partial charge < -0.3 is 0 Å². The van der Waals surface area contributed by atoms with Crippen LogP contribution in [-0.2, 0) is 5.88 Å². The van der Waals surface area contributed by atoms with Gasteiger partial charge in [-0.25, -0.2) is 0 Å². The van der Waals surface area contributed by atoms with Gasteiger partial charge >= 0.3 is 0 Å². The zero-order chi connectivity index (χ0) is 10.8. The van der Waals surface area contributed by atoms with E-state index in [0.29, 0.717) is 11.7 Å². The van der Waals surface area contributed by atoms with Crippen LogP contribution in [0.2, 0.25) is 5.02 Å². The quantitative estimate of drug-likeness (QED) is 0.758. The molecule has 0 radical (unpaired) electrons. The van der Waals surface area contributed by atoms with E-state index >= 15 is 0 Å². The summed E-state index contributed by atoms with van der Waals surface area (Å²) in [4.78, 5) is 0. The van der Waals surface area contributed by atoms with Crippen LogP contribution in [0.5, 0.6) is 0 Å². The van der Waals surface area contributed by atoms with Gasteiger partial charge in [-0.1, -0.05) is 17.7 Å². The zero-order valence-electron chi connectivity index (χ0n) is 8.11. The smallest absolute Gasteiger partial charge is 0.152 e. The van der Waals surface area contributed by atoms with Crippen LogP contribution >= 0.6 is 23.2 Å². The first-order valence-electron chi connectivity index (χ1n) is 4.44. The van der Waals surface area contributed by atoms with E-state index in [1.165, 1.54) is 0 Å². The largest absolute Gasteiger partial charge is 0.285 e. The van der Waals surface area contributed by atoms with E-state index in [4.69, 9.17) is 23.2 Å². The van der Waals surface area contributed by atoms with E-state index in [1.54, 1.807) is 6.33 Å². The Balaban J connectivity index is 2.50. The normalized spacial score (nSPS) is 10.6. The van der Waals surface area contributed by atoms with Crippen LogP contribution < -0.4 is 0 Å². The molecule has 0 spiro atoms. The predicted molar refractivity (Wildman–Crippen MR) is 60.7 cm³/mol. The molecule has 5 heteroatoms. The molecule has 0 amide bonds. The Bertz CT molecular complexity index is 479. The molecule has 0 unspecified atom stereocenters. The molecule has 0 N–H and O–H groups in total. The maximum Gasteiger partial charge on any atom is 0.152 e. The highest BCUT2D eigenvalue weighted by Gasteiger charge is 2.05. The Morgan fingerprint density at radius 3 is 2.87 bits per heavy atom. The molecule has 0 saturated carbocycles. The standard InChI is InChI=1S/C10H9Cl2N3/c1-7-2-3-8(4-9(7)12)15-6-13-14-10(15)5-11/h2-4,6H,5H2,1H3. The van der Waals surface area contributed by atoms with E-state index < -0.39 is 0 Å². The summed E-state index contributed by atoms with van der Waals surface area (Å²) in [6.07, 6.45) is 1.62. The summed E-state index contributed by atoms with van der Waals surface area (Å²) < 4.78 is 1.82. The molecule has 0 aliphatic rings. The molecule has 78 valence electrons. The first-order valence-corrected chi connectivity index (χ1v) is 5.35. The summed E-state index contributed by atoms with van der Waals surface area (Å²) in [7, 11) is 0. The summed E-state index contributed by atoms with van der Waals surface area (Å²) in [6.45, 7) is 1.96. The molecule has 2 aromatic rings. The minimum absolute atomic E-state index is 0.325. The number of benzene rings is 1. The average Bonchev–Trinajstić information content (AvgIpc) is 2.70. The fourth-order valence-electron chi connectivity index (χ4n) is 1.30. The van der Waals surface area contributed by atoms with Crippen molar-refractivity contribution in [2.75, 3.05) is 0 Å². The van der Waals surface area contributed by atoms with E-state index in [0.717, 1.165) is 16.3 Å². The first kappa shape index (κ1) is 10.5. The number of aryl methyl sites for hydroxylation is 1. The number of aromatic nitrogens is 3. The highest BCUT2D eigenvalue weighted by Crippen LogP contribution is 2.20. The fourth-order valence-corrected chi connectivity index (χ4v) is 1.65. The van der Waals surface area contributed by atoms with E-state index in [1.807, 2.05) is 29.7 Å². The second kappa shape index (κ2) is 4.21. The Morgan fingerprint density at radius 2 is 2.20 bits per heavy atom. The van der Waals surface area contributed by atoms with E-state index in [2.05, 4.69) is 10.2 Å². The predicted octanol–water partition coefficient (Wildman–Crippen LogP) is 2.97. The van der Waals surface area contributed by atoms with Gasteiger partial charge in [0.25, 0.3) is 0 Å². The Morgan fingerprint density at radius 1 is 1.40 bits per heavy atom. The van der Waals surface area contributed by atoms with Gasteiger partial charge in [0.15, 0.2) is 5.82 Å². The van der Waals surface area contributed by atoms with Crippen LogP contribution in [0.4, 0.5) is 0 Å². The highest BCUT2D eigenvalue weighted by molar-refractivity contribution is 6.31. The van der Waals surface area contributed by atoms with Gasteiger partial charge in [-0.15, -0.1) is 21.8 Å². The minimum atomic E-state index is 0.325. The molecule has 0 bridgehead atoms. The van der Waals surface area contributed by atoms with Crippen LogP contribution in [0.1, 0.15) is 11.4 Å². The van der Waals surface area contributed by atoms with Gasteiger partial charge in [0, 0.05) is 10.7 Å². The number of nitrogens with zero attached hydrogens (tertiary/aromatic N) is 3. The molecule has 1 aromatic heterocycles. The van der Waals surface area contributed by atoms with Gasteiger partial charge in [-0.05, 0) is 24.6 Å². The Hall–Kier alpha value is -1.06. The summed E-state index contributed by atoms with van der Waals surface area (Å²) in [5.74, 6) is 1.03. The summed E-state index contributed by atoms with van der Waals surface area (Å²) in [5.41, 5.74) is 1.96. The van der Waals surface area contributed by atoms with Gasteiger partial charge in [0.05, 0.1) is 5.88 Å². The number of hydrogen-bond acceptors (Lipinski definition) is 2. The molecule has 0 atom stereocenters. The third-order valence-corrected chi connectivity index (χ3v) is 2.82. The van der Waals surface area contributed by atoms with Crippen LogP contribution in [-0.4, -0.2) is 14.8 Å². The lowest BCUT2D eigenvalue weighted by Crippen LogP contribution is -1.98. The first-order chi connectivity index (χ1) is 7.22. The molecule has 15 heavy (non-hydrogen) atoms. The second-order valence-electron chi connectivity index (χ2n) is 3.18. The van der Waals surface area contributed by atoms with Crippen LogP contribution in [0.3, 0.4) is 0 Å². The number of hydrogen-bond donors (Lipinski definition) is 0. The van der Waals surface area contributed by atoms with Crippen molar-refractivity contribution in [2.24, 2.45) is 0 Å². The van der Waals surface area contributed by atoms with Crippen molar-refractivity contribution in [3.05, 3.63) is 40.9 Å². The molecule has 0 aliphatic heterocycles. The van der Waals surface area contributed by atoms with Gasteiger partial charge in [0.1, 0.15) is 6.33 Å². The second-order valence-corrected chi connectivity index (χ2v) is 3.86. The third kappa shape index (κ3) is 1.98. The lowest BCUT2D eigenvalue weighted by Gasteiger charge is -2.06. The summed E-state index contributed by atoms with van der Waals surface area (Å²) in [5, 5.41) is 8.43. The fraction of sp³-hybridized carbons (Fsp3) is 0.200. The number of rotatable bonds is 2. The Kier molecular flexibility index (Phi) is 2.93. The van der Waals surface area contributed by atoms with E-state index in [-0.39, 0.29) is 0 Å². The van der Waals surface area contributed by atoms with Crippen molar-refractivity contribution in [1.29, 1.82) is 0 Å². The maximum absolute atomic E-state index is 6.04. The molecular weight excluding hydrogens is 233 g/mol. The van der Waals surface area contributed by atoms with Crippen molar-refractivity contribution in [1.82, 2.24) is 14.8 Å². The monoisotopic (exact) mass is 241 g/mol. The number of alkyl halides is 1. The van der Waals surface area contributed by atoms with Crippen LogP contribution in [0.15, 0.2) is 24.5 Å². The molecule has 1 heterocycles. The van der Waals surface area contributed by atoms with Crippen molar-refractivity contribution >= 4 is 23.2 Å². The van der Waals surface area contributed by atoms with Crippen LogP contribution in [0.25, 0.3) is 5.69 Å². The molecule has 1 aromatic carbocycles. The molecule has 0 saturated heterocycles. The molecule has 0 aliphatic carbocycles. The van der Waals surface area contributed by atoms with Gasteiger partial charge in [0.2, 0.25) is 0 Å². The highest BCUT2D eigenvalue weighted by atomic mass is 35.5. The average molecular weight is 242 g/mol. The van der Waals surface area contributed by atoms with Crippen molar-refractivity contribution in [2.45, 2.75) is 12.8 Å². The molecule has 2 rings (SSSR count). The van der Waals surface area contributed by atoms with Crippen molar-refractivity contribution in [3.63, 3.8) is 0 Å². The molecule has 0 fully saturated rings. The van der Waals surface area contributed by atoms with Crippen molar-refractivity contribution < 1.29 is 0 Å². The van der Waals surface area contributed by atoms with Crippen LogP contribution in [0, 0.1) is 6.92 Å². The van der Waals surface area contributed by atoms with E-state index in [9.17, 15) is 0 Å². The Labute approximate surface area is 97.7 Å². The summed E-state index contributed by atoms with van der Waals surface area (Å²) in [6, 6.07) is 5.78. The number of halogens is 2. The maximum atomic E-state index is 6.04. The molecular formula is C10H9Cl2N3. The van der Waals surface area contributed by atoms with Gasteiger partial charge in [-0.3, -0.25) is 4.57 Å². The summed E-state index contributed by atoms with van der Waals surface area (Å²) >= 11 is 11.8.